The second-order valence-corrected chi connectivity index (χ2v) is 9.48. The van der Waals surface area contributed by atoms with E-state index in [9.17, 15) is 0 Å². The lowest BCUT2D eigenvalue weighted by Gasteiger charge is -2.38. The fourth-order valence-electron chi connectivity index (χ4n) is 5.58. The molecule has 0 radical (unpaired) electrons. The smallest absolute Gasteiger partial charge is 0.233 e. The Hall–Kier alpha value is -2.54. The second kappa shape index (κ2) is 10.6. The highest BCUT2D eigenvalue weighted by Gasteiger charge is 2.31. The summed E-state index contributed by atoms with van der Waals surface area (Å²) in [5, 5.41) is 0. The summed E-state index contributed by atoms with van der Waals surface area (Å²) in [4.78, 5) is 14.2. The highest BCUT2D eigenvalue weighted by Crippen LogP contribution is 2.29. The summed E-state index contributed by atoms with van der Waals surface area (Å²) < 4.78 is 7.55. The van der Waals surface area contributed by atoms with Gasteiger partial charge in [-0.25, -0.2) is 9.97 Å². The first-order valence-electron chi connectivity index (χ1n) is 12.3. The number of hydrogen-bond acceptors (Lipinski definition) is 5. The van der Waals surface area contributed by atoms with Crippen LogP contribution < -0.4 is 0 Å². The minimum Gasteiger partial charge on any atom is -0.383 e. The maximum absolute atomic E-state index is 5.45. The van der Waals surface area contributed by atoms with Gasteiger partial charge in [-0.3, -0.25) is 14.4 Å². The molecular weight excluding hydrogens is 410 g/mol. The zero-order chi connectivity index (χ0) is 22.5. The van der Waals surface area contributed by atoms with Gasteiger partial charge in [-0.2, -0.15) is 0 Å². The molecule has 5 rings (SSSR count). The average molecular weight is 446 g/mol. The average Bonchev–Trinajstić information content (AvgIpc) is 3.50. The van der Waals surface area contributed by atoms with Crippen LogP contribution >= 0.6 is 0 Å². The summed E-state index contributed by atoms with van der Waals surface area (Å²) >= 11 is 0. The molecular formula is C27H35N5O. The van der Waals surface area contributed by atoms with Crippen molar-refractivity contribution in [3.8, 4) is 5.95 Å². The molecule has 1 aliphatic heterocycles. The van der Waals surface area contributed by atoms with Crippen LogP contribution in [0.25, 0.3) is 5.95 Å². The van der Waals surface area contributed by atoms with Gasteiger partial charge in [0, 0.05) is 63.6 Å². The Balaban J connectivity index is 1.24. The van der Waals surface area contributed by atoms with Crippen LogP contribution in [0.3, 0.4) is 0 Å². The lowest BCUT2D eigenvalue weighted by Crippen LogP contribution is -2.46. The summed E-state index contributed by atoms with van der Waals surface area (Å²) in [7, 11) is 1.79. The van der Waals surface area contributed by atoms with E-state index in [0.29, 0.717) is 12.0 Å². The number of fused-ring (bicyclic) bond motifs is 1. The SMILES string of the molecule is COCCN(Cc1cccn1-c1ncccn1)C[C@H]1CCCN(C2Cc3ccccc3C2)C1. The minimum absolute atomic E-state index is 0.671. The van der Waals surface area contributed by atoms with Gasteiger partial charge in [0.15, 0.2) is 0 Å². The summed E-state index contributed by atoms with van der Waals surface area (Å²) in [6.07, 6.45) is 10.7. The molecule has 3 aromatic rings. The molecule has 0 bridgehead atoms. The molecule has 0 saturated carbocycles. The minimum atomic E-state index is 0.671. The van der Waals surface area contributed by atoms with E-state index in [1.165, 1.54) is 44.5 Å². The van der Waals surface area contributed by atoms with E-state index >= 15 is 0 Å². The molecule has 174 valence electrons. The third kappa shape index (κ3) is 5.35. The van der Waals surface area contributed by atoms with Gasteiger partial charge in [0.2, 0.25) is 5.95 Å². The van der Waals surface area contributed by atoms with E-state index in [4.69, 9.17) is 4.74 Å². The van der Waals surface area contributed by atoms with Crippen LogP contribution in [0, 0.1) is 5.92 Å². The molecule has 0 spiro atoms. The standard InChI is InChI=1S/C27H35N5O/c1-33-16-15-30(21-25-10-5-14-32(25)27-28-11-6-12-29-27)19-22-7-4-13-31(20-22)26-17-23-8-2-3-9-24(23)18-26/h2-3,5-6,8-12,14,22,26H,4,7,13,15-21H2,1H3/t22-/m1/s1. The van der Waals surface area contributed by atoms with Gasteiger partial charge in [0.05, 0.1) is 6.61 Å². The summed E-state index contributed by atoms with van der Waals surface area (Å²) in [6.45, 7) is 6.09. The number of likely N-dealkylation sites (tertiary alicyclic amines) is 1. The Bertz CT molecular complexity index is 995. The van der Waals surface area contributed by atoms with Crippen LogP contribution in [0.4, 0.5) is 0 Å². The van der Waals surface area contributed by atoms with Crippen molar-refractivity contribution in [3.63, 3.8) is 0 Å². The highest BCUT2D eigenvalue weighted by atomic mass is 16.5. The van der Waals surface area contributed by atoms with E-state index in [2.05, 4.69) is 66.9 Å². The maximum Gasteiger partial charge on any atom is 0.233 e. The lowest BCUT2D eigenvalue weighted by molar-refractivity contribution is 0.0837. The molecule has 6 heteroatoms. The summed E-state index contributed by atoms with van der Waals surface area (Å²) in [5.74, 6) is 1.42. The maximum atomic E-state index is 5.45. The van der Waals surface area contributed by atoms with Crippen molar-refractivity contribution < 1.29 is 4.74 Å². The van der Waals surface area contributed by atoms with Crippen LogP contribution in [0.15, 0.2) is 61.1 Å². The molecule has 2 aliphatic rings. The van der Waals surface area contributed by atoms with E-state index < -0.39 is 0 Å². The van der Waals surface area contributed by atoms with Crippen LogP contribution in [-0.2, 0) is 24.1 Å². The number of aromatic nitrogens is 3. The van der Waals surface area contributed by atoms with Crippen molar-refractivity contribution in [2.24, 2.45) is 5.92 Å². The lowest BCUT2D eigenvalue weighted by atomic mass is 9.95. The summed E-state index contributed by atoms with van der Waals surface area (Å²) in [6, 6.07) is 15.8. The molecule has 6 nitrogen and oxygen atoms in total. The van der Waals surface area contributed by atoms with Gasteiger partial charge in [-0.05, 0) is 67.5 Å². The Morgan fingerprint density at radius 1 is 1.03 bits per heavy atom. The number of methoxy groups -OCH3 is 1. The Labute approximate surface area is 197 Å². The molecule has 0 unspecified atom stereocenters. The van der Waals surface area contributed by atoms with Crippen molar-refractivity contribution in [2.45, 2.75) is 38.3 Å². The topological polar surface area (TPSA) is 46.4 Å². The molecule has 1 aromatic carbocycles. The van der Waals surface area contributed by atoms with Crippen LogP contribution in [-0.4, -0.2) is 70.3 Å². The largest absolute Gasteiger partial charge is 0.383 e. The molecule has 0 amide bonds. The normalized spacial score (nSPS) is 19.3. The highest BCUT2D eigenvalue weighted by molar-refractivity contribution is 5.33. The van der Waals surface area contributed by atoms with Crippen LogP contribution in [0.2, 0.25) is 0 Å². The van der Waals surface area contributed by atoms with Crippen molar-refractivity contribution in [1.29, 1.82) is 0 Å². The van der Waals surface area contributed by atoms with E-state index in [-0.39, 0.29) is 0 Å². The molecule has 1 atom stereocenters. The van der Waals surface area contributed by atoms with Crippen molar-refractivity contribution in [1.82, 2.24) is 24.3 Å². The van der Waals surface area contributed by atoms with Gasteiger partial charge in [0.25, 0.3) is 0 Å². The molecule has 3 heterocycles. The van der Waals surface area contributed by atoms with Crippen molar-refractivity contribution >= 4 is 0 Å². The molecule has 0 N–H and O–H groups in total. The summed E-state index contributed by atoms with van der Waals surface area (Å²) in [5.41, 5.74) is 4.32. The third-order valence-electron chi connectivity index (χ3n) is 7.21. The Morgan fingerprint density at radius 2 is 1.82 bits per heavy atom. The van der Waals surface area contributed by atoms with Gasteiger partial charge in [-0.15, -0.1) is 0 Å². The fraction of sp³-hybridized carbons (Fsp3) is 0.481. The quantitative estimate of drug-likeness (QED) is 0.504. The fourth-order valence-corrected chi connectivity index (χ4v) is 5.58. The van der Waals surface area contributed by atoms with Gasteiger partial charge in [0.1, 0.15) is 0 Å². The van der Waals surface area contributed by atoms with Gasteiger partial charge in [-0.1, -0.05) is 24.3 Å². The molecule has 33 heavy (non-hydrogen) atoms. The first kappa shape index (κ1) is 22.3. The zero-order valence-corrected chi connectivity index (χ0v) is 19.6. The van der Waals surface area contributed by atoms with E-state index in [1.807, 2.05) is 6.07 Å². The molecule has 1 fully saturated rings. The molecule has 2 aromatic heterocycles. The van der Waals surface area contributed by atoms with Gasteiger partial charge >= 0.3 is 0 Å². The third-order valence-corrected chi connectivity index (χ3v) is 7.21. The number of nitrogens with zero attached hydrogens (tertiary/aromatic N) is 5. The number of benzene rings is 1. The van der Waals surface area contributed by atoms with Crippen molar-refractivity contribution in [2.75, 3.05) is 39.9 Å². The number of ether oxygens (including phenoxy) is 1. The Kier molecular flexibility index (Phi) is 7.15. The Morgan fingerprint density at radius 3 is 2.58 bits per heavy atom. The van der Waals surface area contributed by atoms with E-state index in [0.717, 1.165) is 32.2 Å². The second-order valence-electron chi connectivity index (χ2n) is 9.48. The van der Waals surface area contributed by atoms with Crippen LogP contribution in [0.5, 0.6) is 0 Å². The first-order valence-corrected chi connectivity index (χ1v) is 12.3. The number of rotatable bonds is 9. The van der Waals surface area contributed by atoms with Crippen LogP contribution in [0.1, 0.15) is 29.7 Å². The zero-order valence-electron chi connectivity index (χ0n) is 19.6. The monoisotopic (exact) mass is 445 g/mol. The van der Waals surface area contributed by atoms with Gasteiger partial charge < -0.3 is 4.74 Å². The van der Waals surface area contributed by atoms with E-state index in [1.54, 1.807) is 30.6 Å². The number of hydrogen-bond donors (Lipinski definition) is 0. The molecule has 1 saturated heterocycles. The predicted molar refractivity (Wildman–Crippen MR) is 130 cm³/mol. The molecule has 1 aliphatic carbocycles. The first-order chi connectivity index (χ1) is 16.3. The number of piperidine rings is 1. The predicted octanol–water partition coefficient (Wildman–Crippen LogP) is 3.60. The van der Waals surface area contributed by atoms with Crippen molar-refractivity contribution in [3.05, 3.63) is 77.9 Å².